The summed E-state index contributed by atoms with van der Waals surface area (Å²) in [5.74, 6) is -0.638. The average Bonchev–Trinajstić information content (AvgIpc) is 3.68. The Morgan fingerprint density at radius 2 is 1.52 bits per heavy atom. The minimum Gasteiger partial charge on any atom is -0.392 e. The van der Waals surface area contributed by atoms with Crippen LogP contribution in [0.2, 0.25) is 0 Å². The van der Waals surface area contributed by atoms with Crippen molar-refractivity contribution in [2.75, 3.05) is 13.2 Å². The van der Waals surface area contributed by atoms with Crippen molar-refractivity contribution in [2.24, 2.45) is 44.8 Å². The Morgan fingerprint density at radius 1 is 0.860 bits per heavy atom. The van der Waals surface area contributed by atoms with E-state index in [2.05, 4.69) is 33.8 Å². The topological polar surface area (TPSA) is 216 Å². The SMILES string of the molecule is CC1CC(=O)C(O)C2(O)CC3(C)C4=CCC5C(C)(C)C(OC6OCC(O)C(OC7OCC(O)C(O)C7O)C6O)CCC56CC46C(O)CC3(C)C12. The molecule has 282 valence electrons. The second-order valence-electron chi connectivity index (χ2n) is 18.5. The minimum absolute atomic E-state index is 0.120. The molecule has 19 atom stereocenters. The van der Waals surface area contributed by atoms with Gasteiger partial charge in [-0.15, -0.1) is 0 Å². The van der Waals surface area contributed by atoms with Crippen molar-refractivity contribution in [1.29, 1.82) is 0 Å². The van der Waals surface area contributed by atoms with E-state index in [0.29, 0.717) is 12.8 Å². The number of hydrogen-bond donors (Lipinski definition) is 8. The van der Waals surface area contributed by atoms with E-state index in [4.69, 9.17) is 18.9 Å². The van der Waals surface area contributed by atoms with Gasteiger partial charge in [0, 0.05) is 11.8 Å². The van der Waals surface area contributed by atoms with Crippen molar-refractivity contribution in [2.45, 2.75) is 153 Å². The lowest BCUT2D eigenvalue weighted by Crippen LogP contribution is -2.62. The number of hydrogen-bond acceptors (Lipinski definition) is 13. The van der Waals surface area contributed by atoms with Gasteiger partial charge in [0.15, 0.2) is 18.4 Å². The maximum Gasteiger partial charge on any atom is 0.186 e. The maximum atomic E-state index is 12.8. The number of aliphatic hydroxyl groups is 8. The van der Waals surface area contributed by atoms with Gasteiger partial charge in [-0.3, -0.25) is 4.79 Å². The van der Waals surface area contributed by atoms with E-state index in [-0.39, 0.29) is 61.1 Å². The summed E-state index contributed by atoms with van der Waals surface area (Å²) in [5.41, 5.74) is -2.50. The number of aliphatic hydroxyl groups excluding tert-OH is 7. The first kappa shape index (κ1) is 35.9. The van der Waals surface area contributed by atoms with Gasteiger partial charge < -0.3 is 59.8 Å². The van der Waals surface area contributed by atoms with E-state index in [1.807, 2.05) is 6.92 Å². The maximum absolute atomic E-state index is 12.8. The molecule has 8 rings (SSSR count). The van der Waals surface area contributed by atoms with Gasteiger partial charge in [-0.25, -0.2) is 0 Å². The predicted octanol–water partition coefficient (Wildman–Crippen LogP) is -0.0853. The molecular weight excluding hydrogens is 652 g/mol. The number of allylic oxidation sites excluding steroid dienone is 1. The molecule has 2 heterocycles. The first-order valence-electron chi connectivity index (χ1n) is 18.6. The fourth-order valence-electron chi connectivity index (χ4n) is 13.6. The summed E-state index contributed by atoms with van der Waals surface area (Å²) >= 11 is 0. The molecule has 50 heavy (non-hydrogen) atoms. The second-order valence-corrected chi connectivity index (χ2v) is 18.5. The lowest BCUT2D eigenvalue weighted by molar-refractivity contribution is -0.344. The van der Waals surface area contributed by atoms with E-state index in [0.717, 1.165) is 19.3 Å². The van der Waals surface area contributed by atoms with E-state index < -0.39 is 88.7 Å². The summed E-state index contributed by atoms with van der Waals surface area (Å²) in [4.78, 5) is 12.8. The van der Waals surface area contributed by atoms with Gasteiger partial charge in [-0.2, -0.15) is 0 Å². The van der Waals surface area contributed by atoms with Crippen LogP contribution in [0.5, 0.6) is 0 Å². The first-order chi connectivity index (χ1) is 23.3. The smallest absolute Gasteiger partial charge is 0.186 e. The Hall–Kier alpha value is -1.07. The monoisotopic (exact) mass is 708 g/mol. The number of rotatable bonds is 4. The van der Waals surface area contributed by atoms with Crippen LogP contribution in [0, 0.1) is 44.8 Å². The van der Waals surface area contributed by atoms with Crippen LogP contribution in [-0.2, 0) is 23.7 Å². The van der Waals surface area contributed by atoms with Crippen LogP contribution in [0.3, 0.4) is 0 Å². The van der Waals surface area contributed by atoms with Gasteiger partial charge in [0.25, 0.3) is 0 Å². The predicted molar refractivity (Wildman–Crippen MR) is 173 cm³/mol. The fraction of sp³-hybridized carbons (Fsp3) is 0.919. The Balaban J connectivity index is 1.04. The Bertz CT molecular complexity index is 1440. The van der Waals surface area contributed by atoms with Crippen LogP contribution in [0.4, 0.5) is 0 Å². The molecule has 0 amide bonds. The largest absolute Gasteiger partial charge is 0.392 e. The third kappa shape index (κ3) is 4.35. The zero-order valence-corrected chi connectivity index (χ0v) is 29.6. The summed E-state index contributed by atoms with van der Waals surface area (Å²) in [6.45, 7) is 10.2. The molecule has 5 saturated carbocycles. The first-order valence-corrected chi connectivity index (χ1v) is 18.6. The molecule has 6 aliphatic carbocycles. The Morgan fingerprint density at radius 3 is 2.22 bits per heavy atom. The highest BCUT2D eigenvalue weighted by atomic mass is 16.7. The molecule has 0 aromatic carbocycles. The lowest BCUT2D eigenvalue weighted by Gasteiger charge is -2.61. The van der Waals surface area contributed by atoms with Crippen molar-refractivity contribution in [3.63, 3.8) is 0 Å². The standard InChI is InChI=1S/C37H56O13/c1-16-10-17(38)29(45)37(46)14-34(5)21-7-6-20-32(2,3)23(8-9-35(20)15-36(21,35)22(41)11-33(34,4)28(16)37)49-31-26(44)27(19(40)13-48-31)50-30-25(43)24(42)18(39)12-47-30/h7,16,18-20,22-31,39-46H,6,8-15H2,1-5H3. The normalized spacial score (nSPS) is 59.7. The molecular formula is C37H56O13. The summed E-state index contributed by atoms with van der Waals surface area (Å²) in [6.07, 6.45) is -7.13. The quantitative estimate of drug-likeness (QED) is 0.180. The molecule has 0 aromatic heterocycles. The van der Waals surface area contributed by atoms with E-state index in [1.54, 1.807) is 0 Å². The molecule has 19 unspecified atom stereocenters. The molecule has 2 saturated heterocycles. The molecule has 2 aliphatic heterocycles. The highest BCUT2D eigenvalue weighted by Crippen LogP contribution is 2.88. The molecule has 8 aliphatic rings. The molecule has 13 nitrogen and oxygen atoms in total. The third-order valence-corrected chi connectivity index (χ3v) is 15.9. The fourth-order valence-corrected chi connectivity index (χ4v) is 13.6. The average molecular weight is 709 g/mol. The summed E-state index contributed by atoms with van der Waals surface area (Å²) in [6, 6.07) is 0. The number of Topliss-reactive ketones (excluding diaryl/α,β-unsaturated/α-hetero) is 1. The van der Waals surface area contributed by atoms with Crippen LogP contribution in [0.15, 0.2) is 11.6 Å². The molecule has 7 fully saturated rings. The lowest BCUT2D eigenvalue weighted by atomic mass is 9.44. The Kier molecular flexibility index (Phi) is 8.07. The molecule has 0 radical (unpaired) electrons. The van der Waals surface area contributed by atoms with Crippen molar-refractivity contribution in [3.05, 3.63) is 11.6 Å². The minimum atomic E-state index is -1.59. The second kappa shape index (κ2) is 11.2. The molecule has 13 heteroatoms. The van der Waals surface area contributed by atoms with Gasteiger partial charge in [-0.05, 0) is 77.9 Å². The van der Waals surface area contributed by atoms with Gasteiger partial charge >= 0.3 is 0 Å². The number of carbonyl (C=O) groups excluding carboxylic acids is 1. The highest BCUT2D eigenvalue weighted by Gasteiger charge is 2.85. The number of ether oxygens (including phenoxy) is 4. The van der Waals surface area contributed by atoms with E-state index in [9.17, 15) is 45.6 Å². The van der Waals surface area contributed by atoms with Crippen LogP contribution in [0.1, 0.15) is 79.6 Å². The van der Waals surface area contributed by atoms with Gasteiger partial charge in [0.2, 0.25) is 0 Å². The number of ketones is 1. The molecule has 0 aromatic rings. The van der Waals surface area contributed by atoms with Gasteiger partial charge in [0.05, 0.1) is 25.4 Å². The summed E-state index contributed by atoms with van der Waals surface area (Å²) in [5, 5.41) is 87.8. The number of fused-ring (bicyclic) bond motifs is 4. The van der Waals surface area contributed by atoms with Crippen molar-refractivity contribution >= 4 is 5.78 Å². The zero-order chi connectivity index (χ0) is 36.1. The molecule has 8 N–H and O–H groups in total. The highest BCUT2D eigenvalue weighted by molar-refractivity contribution is 5.86. The number of carbonyl (C=O) groups is 1. The molecule has 2 spiro atoms. The van der Waals surface area contributed by atoms with Gasteiger partial charge in [0.1, 0.15) is 48.3 Å². The third-order valence-electron chi connectivity index (χ3n) is 15.9. The van der Waals surface area contributed by atoms with Crippen LogP contribution in [0.25, 0.3) is 0 Å². The summed E-state index contributed by atoms with van der Waals surface area (Å²) in [7, 11) is 0. The van der Waals surface area contributed by atoms with Crippen LogP contribution >= 0.6 is 0 Å². The Labute approximate surface area is 292 Å². The van der Waals surface area contributed by atoms with Crippen molar-refractivity contribution < 1.29 is 64.6 Å². The van der Waals surface area contributed by atoms with Crippen molar-refractivity contribution in [3.8, 4) is 0 Å². The van der Waals surface area contributed by atoms with Crippen LogP contribution < -0.4 is 0 Å². The molecule has 0 bridgehead atoms. The summed E-state index contributed by atoms with van der Waals surface area (Å²) < 4.78 is 23.5. The van der Waals surface area contributed by atoms with E-state index in [1.165, 1.54) is 5.57 Å². The zero-order valence-electron chi connectivity index (χ0n) is 29.6. The van der Waals surface area contributed by atoms with Crippen molar-refractivity contribution in [1.82, 2.24) is 0 Å². The van der Waals surface area contributed by atoms with E-state index >= 15 is 0 Å². The van der Waals surface area contributed by atoms with Gasteiger partial charge in [-0.1, -0.05) is 46.3 Å². The van der Waals surface area contributed by atoms with Crippen LogP contribution in [-0.4, -0.2) is 133 Å².